The summed E-state index contributed by atoms with van der Waals surface area (Å²) in [6, 6.07) is 6.32. The van der Waals surface area contributed by atoms with E-state index in [-0.39, 0.29) is 0 Å². The van der Waals surface area contributed by atoms with Crippen LogP contribution in [-0.2, 0) is 4.74 Å². The van der Waals surface area contributed by atoms with Gasteiger partial charge < -0.3 is 14.0 Å². The molecule has 0 aromatic carbocycles. The SMILES string of the molecule is Cc1ncccc1-c1cc(N2CCOCC2)c2nccn2c1. The van der Waals surface area contributed by atoms with E-state index in [4.69, 9.17) is 4.74 Å². The second kappa shape index (κ2) is 5.42. The molecule has 1 fully saturated rings. The maximum atomic E-state index is 5.47. The van der Waals surface area contributed by atoms with Crippen molar-refractivity contribution in [3.8, 4) is 11.1 Å². The lowest BCUT2D eigenvalue weighted by Crippen LogP contribution is -2.36. The van der Waals surface area contributed by atoms with Crippen LogP contribution in [0.2, 0.25) is 0 Å². The molecule has 0 atom stereocenters. The van der Waals surface area contributed by atoms with E-state index in [0.717, 1.165) is 54.5 Å². The van der Waals surface area contributed by atoms with Crippen LogP contribution in [0.25, 0.3) is 16.8 Å². The molecule has 1 aliphatic heterocycles. The first-order valence-electron chi connectivity index (χ1n) is 7.54. The van der Waals surface area contributed by atoms with Crippen molar-refractivity contribution in [2.24, 2.45) is 0 Å². The molecule has 3 aromatic rings. The van der Waals surface area contributed by atoms with Gasteiger partial charge in [0.15, 0.2) is 5.65 Å². The first kappa shape index (κ1) is 13.3. The number of imidazole rings is 1. The molecule has 5 nitrogen and oxygen atoms in total. The minimum absolute atomic E-state index is 0.767. The van der Waals surface area contributed by atoms with E-state index in [1.807, 2.05) is 31.6 Å². The molecule has 0 spiro atoms. The number of pyridine rings is 2. The molecule has 4 heterocycles. The third kappa shape index (κ3) is 2.23. The summed E-state index contributed by atoms with van der Waals surface area (Å²) < 4.78 is 7.56. The van der Waals surface area contributed by atoms with Crippen molar-refractivity contribution in [3.63, 3.8) is 0 Å². The highest BCUT2D eigenvalue weighted by Gasteiger charge is 2.17. The fourth-order valence-corrected chi connectivity index (χ4v) is 2.99. The van der Waals surface area contributed by atoms with Crippen molar-refractivity contribution in [2.75, 3.05) is 31.2 Å². The Morgan fingerprint density at radius 2 is 2.00 bits per heavy atom. The van der Waals surface area contributed by atoms with Gasteiger partial charge in [0.2, 0.25) is 0 Å². The maximum Gasteiger partial charge on any atom is 0.160 e. The molecule has 0 aliphatic carbocycles. The first-order chi connectivity index (χ1) is 10.8. The topological polar surface area (TPSA) is 42.7 Å². The lowest BCUT2D eigenvalue weighted by Gasteiger charge is -2.29. The van der Waals surface area contributed by atoms with Crippen molar-refractivity contribution in [3.05, 3.63) is 48.7 Å². The summed E-state index contributed by atoms with van der Waals surface area (Å²) in [5.74, 6) is 0. The van der Waals surface area contributed by atoms with Gasteiger partial charge in [0.1, 0.15) is 0 Å². The number of anilines is 1. The predicted octanol–water partition coefficient (Wildman–Crippen LogP) is 2.54. The van der Waals surface area contributed by atoms with Gasteiger partial charge in [0.25, 0.3) is 0 Å². The Morgan fingerprint density at radius 1 is 1.14 bits per heavy atom. The number of hydrogen-bond acceptors (Lipinski definition) is 4. The van der Waals surface area contributed by atoms with Crippen LogP contribution in [0.5, 0.6) is 0 Å². The highest BCUT2D eigenvalue weighted by molar-refractivity contribution is 5.78. The molecular weight excluding hydrogens is 276 g/mol. The number of nitrogens with zero attached hydrogens (tertiary/aromatic N) is 4. The summed E-state index contributed by atoms with van der Waals surface area (Å²) >= 11 is 0. The van der Waals surface area contributed by atoms with E-state index >= 15 is 0 Å². The fourth-order valence-electron chi connectivity index (χ4n) is 2.99. The van der Waals surface area contributed by atoms with E-state index in [2.05, 4.69) is 37.6 Å². The number of hydrogen-bond donors (Lipinski definition) is 0. The molecule has 0 saturated carbocycles. The Kier molecular flexibility index (Phi) is 3.27. The smallest absolute Gasteiger partial charge is 0.160 e. The lowest BCUT2D eigenvalue weighted by molar-refractivity contribution is 0.123. The fraction of sp³-hybridized carbons (Fsp3) is 0.294. The maximum absolute atomic E-state index is 5.47. The van der Waals surface area contributed by atoms with Gasteiger partial charge in [-0.25, -0.2) is 4.98 Å². The number of rotatable bonds is 2. The Labute approximate surface area is 129 Å². The predicted molar refractivity (Wildman–Crippen MR) is 86.2 cm³/mol. The van der Waals surface area contributed by atoms with Gasteiger partial charge in [0.05, 0.1) is 18.9 Å². The van der Waals surface area contributed by atoms with E-state index in [1.165, 1.54) is 0 Å². The zero-order valence-electron chi connectivity index (χ0n) is 12.6. The van der Waals surface area contributed by atoms with E-state index < -0.39 is 0 Å². The molecule has 0 bridgehead atoms. The van der Waals surface area contributed by atoms with Crippen molar-refractivity contribution < 1.29 is 4.74 Å². The van der Waals surface area contributed by atoms with Crippen LogP contribution in [0.4, 0.5) is 5.69 Å². The monoisotopic (exact) mass is 294 g/mol. The van der Waals surface area contributed by atoms with Crippen LogP contribution in [0.3, 0.4) is 0 Å². The van der Waals surface area contributed by atoms with Gasteiger partial charge in [0, 0.05) is 54.7 Å². The average molecular weight is 294 g/mol. The van der Waals surface area contributed by atoms with Crippen LogP contribution in [0.15, 0.2) is 43.0 Å². The average Bonchev–Trinajstić information content (AvgIpc) is 3.03. The van der Waals surface area contributed by atoms with E-state index in [0.29, 0.717) is 0 Å². The largest absolute Gasteiger partial charge is 0.378 e. The normalized spacial score (nSPS) is 15.4. The highest BCUT2D eigenvalue weighted by atomic mass is 16.5. The van der Waals surface area contributed by atoms with Crippen LogP contribution in [0.1, 0.15) is 5.69 Å². The van der Waals surface area contributed by atoms with Gasteiger partial charge in [-0.2, -0.15) is 0 Å². The highest BCUT2D eigenvalue weighted by Crippen LogP contribution is 2.29. The summed E-state index contributed by atoms with van der Waals surface area (Å²) in [4.78, 5) is 11.3. The summed E-state index contributed by atoms with van der Waals surface area (Å²) in [5, 5.41) is 0. The summed E-state index contributed by atoms with van der Waals surface area (Å²) in [6.45, 7) is 5.38. The minimum atomic E-state index is 0.767. The van der Waals surface area contributed by atoms with Crippen molar-refractivity contribution in [1.29, 1.82) is 0 Å². The Bertz CT molecular complexity index is 805. The van der Waals surface area contributed by atoms with Crippen LogP contribution in [-0.4, -0.2) is 40.7 Å². The number of morpholine rings is 1. The third-order valence-corrected chi connectivity index (χ3v) is 4.14. The van der Waals surface area contributed by atoms with E-state index in [9.17, 15) is 0 Å². The second-order valence-electron chi connectivity index (χ2n) is 5.51. The van der Waals surface area contributed by atoms with Gasteiger partial charge >= 0.3 is 0 Å². The lowest BCUT2D eigenvalue weighted by atomic mass is 10.1. The van der Waals surface area contributed by atoms with Crippen molar-refractivity contribution >= 4 is 11.3 Å². The summed E-state index contributed by atoms with van der Waals surface area (Å²) in [6.07, 6.45) is 7.79. The van der Waals surface area contributed by atoms with Gasteiger partial charge in [-0.1, -0.05) is 6.07 Å². The molecule has 1 saturated heterocycles. The molecule has 0 amide bonds. The standard InChI is InChI=1S/C17H18N4O/c1-13-15(3-2-4-18-13)14-11-16(20-7-9-22-10-8-20)17-19-5-6-21(17)12-14/h2-6,11-12H,7-10H2,1H3. The van der Waals surface area contributed by atoms with Crippen molar-refractivity contribution in [1.82, 2.24) is 14.4 Å². The Morgan fingerprint density at radius 3 is 2.82 bits per heavy atom. The summed E-state index contributed by atoms with van der Waals surface area (Å²) in [5.41, 5.74) is 5.52. The third-order valence-electron chi connectivity index (χ3n) is 4.14. The van der Waals surface area contributed by atoms with Crippen LogP contribution < -0.4 is 4.90 Å². The number of fused-ring (bicyclic) bond motifs is 1. The first-order valence-corrected chi connectivity index (χ1v) is 7.54. The van der Waals surface area contributed by atoms with Gasteiger partial charge in [-0.05, 0) is 19.1 Å². The molecule has 22 heavy (non-hydrogen) atoms. The molecule has 5 heteroatoms. The molecule has 112 valence electrons. The van der Waals surface area contributed by atoms with Gasteiger partial charge in [-0.3, -0.25) is 4.98 Å². The van der Waals surface area contributed by atoms with Crippen molar-refractivity contribution in [2.45, 2.75) is 6.92 Å². The molecule has 0 radical (unpaired) electrons. The second-order valence-corrected chi connectivity index (χ2v) is 5.51. The quantitative estimate of drug-likeness (QED) is 0.728. The molecule has 0 unspecified atom stereocenters. The van der Waals surface area contributed by atoms with Gasteiger partial charge in [-0.15, -0.1) is 0 Å². The van der Waals surface area contributed by atoms with Crippen LogP contribution >= 0.6 is 0 Å². The molecule has 3 aromatic heterocycles. The Balaban J connectivity index is 1.88. The molecule has 0 N–H and O–H groups in total. The molecular formula is C17H18N4O. The Hall–Kier alpha value is -2.40. The molecule has 1 aliphatic rings. The number of aryl methyl sites for hydroxylation is 1. The van der Waals surface area contributed by atoms with E-state index in [1.54, 1.807) is 0 Å². The minimum Gasteiger partial charge on any atom is -0.378 e. The number of ether oxygens (including phenoxy) is 1. The summed E-state index contributed by atoms with van der Waals surface area (Å²) in [7, 11) is 0. The zero-order chi connectivity index (χ0) is 14.9. The number of aromatic nitrogens is 3. The molecule has 4 rings (SSSR count). The zero-order valence-corrected chi connectivity index (χ0v) is 12.6. The van der Waals surface area contributed by atoms with Crippen LogP contribution in [0, 0.1) is 6.92 Å².